The van der Waals surface area contributed by atoms with Crippen LogP contribution >= 0.6 is 11.3 Å². The molecule has 0 aliphatic rings. The van der Waals surface area contributed by atoms with E-state index in [1.165, 1.54) is 15.6 Å². The van der Waals surface area contributed by atoms with Crippen LogP contribution in [0.15, 0.2) is 52.7 Å². The number of anilines is 2. The van der Waals surface area contributed by atoms with Gasteiger partial charge in [-0.25, -0.2) is 13.4 Å². The number of aryl methyl sites for hydroxylation is 1. The minimum atomic E-state index is -3.49. The van der Waals surface area contributed by atoms with Crippen molar-refractivity contribution >= 4 is 38.1 Å². The zero-order chi connectivity index (χ0) is 24.7. The van der Waals surface area contributed by atoms with Gasteiger partial charge in [-0.1, -0.05) is 26.0 Å². The number of nitrogens with one attached hydrogen (secondary N) is 2. The van der Waals surface area contributed by atoms with Gasteiger partial charge in [0.15, 0.2) is 5.13 Å². The SMILES string of the molecule is CCN(CC)S(=O)(=O)c1ccc(CCC(=O)Nc2cc(-c3csc(NC)n3)ccc2OC)cc1. The normalized spacial score (nSPS) is 11.4. The van der Waals surface area contributed by atoms with Gasteiger partial charge in [0.1, 0.15) is 5.75 Å². The van der Waals surface area contributed by atoms with Crippen LogP contribution in [-0.2, 0) is 21.2 Å². The molecule has 0 spiro atoms. The molecule has 1 aromatic heterocycles. The van der Waals surface area contributed by atoms with Crippen molar-refractivity contribution in [2.45, 2.75) is 31.6 Å². The molecule has 2 aromatic carbocycles. The van der Waals surface area contributed by atoms with Crippen molar-refractivity contribution in [3.05, 3.63) is 53.4 Å². The lowest BCUT2D eigenvalue weighted by Crippen LogP contribution is -2.30. The van der Waals surface area contributed by atoms with Crippen molar-refractivity contribution in [1.29, 1.82) is 0 Å². The summed E-state index contributed by atoms with van der Waals surface area (Å²) in [6.07, 6.45) is 0.729. The molecule has 10 heteroatoms. The summed E-state index contributed by atoms with van der Waals surface area (Å²) in [7, 11) is -0.118. The van der Waals surface area contributed by atoms with Crippen molar-refractivity contribution < 1.29 is 17.9 Å². The molecule has 0 saturated heterocycles. The van der Waals surface area contributed by atoms with Crippen LogP contribution in [0.4, 0.5) is 10.8 Å². The maximum Gasteiger partial charge on any atom is 0.243 e. The van der Waals surface area contributed by atoms with E-state index < -0.39 is 10.0 Å². The first-order valence-electron chi connectivity index (χ1n) is 11.0. The number of carbonyl (C=O) groups excluding carboxylic acids is 1. The first-order chi connectivity index (χ1) is 16.3. The lowest BCUT2D eigenvalue weighted by molar-refractivity contribution is -0.116. The first kappa shape index (κ1) is 25.7. The Morgan fingerprint density at radius 2 is 1.82 bits per heavy atom. The average molecular weight is 503 g/mol. The van der Waals surface area contributed by atoms with Crippen molar-refractivity contribution in [1.82, 2.24) is 9.29 Å². The van der Waals surface area contributed by atoms with E-state index in [0.29, 0.717) is 30.9 Å². The Balaban J connectivity index is 1.66. The smallest absolute Gasteiger partial charge is 0.243 e. The van der Waals surface area contributed by atoms with Gasteiger partial charge < -0.3 is 15.4 Å². The lowest BCUT2D eigenvalue weighted by Gasteiger charge is -2.18. The number of ether oxygens (including phenoxy) is 1. The van der Waals surface area contributed by atoms with Crippen molar-refractivity contribution in [3.8, 4) is 17.0 Å². The van der Waals surface area contributed by atoms with Crippen LogP contribution in [0, 0.1) is 0 Å². The highest BCUT2D eigenvalue weighted by atomic mass is 32.2. The molecule has 0 bridgehead atoms. The third-order valence-electron chi connectivity index (χ3n) is 5.39. The number of sulfonamides is 1. The number of aromatic nitrogens is 1. The van der Waals surface area contributed by atoms with E-state index in [9.17, 15) is 13.2 Å². The average Bonchev–Trinajstić information content (AvgIpc) is 3.33. The number of hydrogen-bond acceptors (Lipinski definition) is 7. The van der Waals surface area contributed by atoms with Gasteiger partial charge in [0.2, 0.25) is 15.9 Å². The first-order valence-corrected chi connectivity index (χ1v) is 13.3. The minimum Gasteiger partial charge on any atom is -0.495 e. The second-order valence-corrected chi connectivity index (χ2v) is 10.3. The molecule has 1 heterocycles. The second kappa shape index (κ2) is 11.5. The standard InChI is InChI=1S/C24H30N4O4S2/c1-5-28(6-2)34(30,31)19-11-7-17(8-12-19)9-14-23(29)26-20-15-18(10-13-22(20)32-4)21-16-33-24(25-3)27-21/h7-8,10-13,15-16H,5-6,9,14H2,1-4H3,(H,25,27)(H,26,29). The van der Waals surface area contributed by atoms with Crippen LogP contribution < -0.4 is 15.4 Å². The Morgan fingerprint density at radius 1 is 1.12 bits per heavy atom. The fourth-order valence-electron chi connectivity index (χ4n) is 3.50. The number of carbonyl (C=O) groups is 1. The molecule has 2 N–H and O–H groups in total. The fourth-order valence-corrected chi connectivity index (χ4v) is 5.64. The van der Waals surface area contributed by atoms with Gasteiger partial charge in [0, 0.05) is 37.5 Å². The lowest BCUT2D eigenvalue weighted by atomic mass is 10.1. The van der Waals surface area contributed by atoms with Crippen LogP contribution in [0.3, 0.4) is 0 Å². The summed E-state index contributed by atoms with van der Waals surface area (Å²) in [6.45, 7) is 4.47. The fraction of sp³-hybridized carbons (Fsp3) is 0.333. The molecule has 0 aliphatic carbocycles. The third kappa shape index (κ3) is 5.94. The number of methoxy groups -OCH3 is 1. The Hall–Kier alpha value is -2.95. The predicted octanol–water partition coefficient (Wildman–Crippen LogP) is 4.46. The van der Waals surface area contributed by atoms with Gasteiger partial charge in [0.05, 0.1) is 23.4 Å². The molecule has 3 rings (SSSR count). The molecule has 0 atom stereocenters. The zero-order valence-corrected chi connectivity index (χ0v) is 21.4. The minimum absolute atomic E-state index is 0.163. The highest BCUT2D eigenvalue weighted by Crippen LogP contribution is 2.32. The van der Waals surface area contributed by atoms with Crippen molar-refractivity contribution in [2.24, 2.45) is 0 Å². The number of benzene rings is 2. The van der Waals surface area contributed by atoms with E-state index in [2.05, 4.69) is 15.6 Å². The van der Waals surface area contributed by atoms with Crippen molar-refractivity contribution in [2.75, 3.05) is 37.9 Å². The number of nitrogens with zero attached hydrogens (tertiary/aromatic N) is 2. The zero-order valence-electron chi connectivity index (χ0n) is 19.8. The van der Waals surface area contributed by atoms with E-state index in [4.69, 9.17) is 4.74 Å². The van der Waals surface area contributed by atoms with Crippen molar-refractivity contribution in [3.63, 3.8) is 0 Å². The van der Waals surface area contributed by atoms with Crippen LogP contribution in [0.1, 0.15) is 25.8 Å². The van der Waals surface area contributed by atoms with Gasteiger partial charge in [-0.3, -0.25) is 4.79 Å². The number of hydrogen-bond donors (Lipinski definition) is 2. The molecular formula is C24H30N4O4S2. The molecule has 0 saturated carbocycles. The molecule has 0 aliphatic heterocycles. The van der Waals surface area contributed by atoms with Gasteiger partial charge in [0.25, 0.3) is 0 Å². The third-order valence-corrected chi connectivity index (χ3v) is 8.32. The highest BCUT2D eigenvalue weighted by Gasteiger charge is 2.21. The quantitative estimate of drug-likeness (QED) is 0.401. The Bertz CT molecular complexity index is 1220. The van der Waals surface area contributed by atoms with Crippen LogP contribution in [-0.4, -0.2) is 50.9 Å². The topological polar surface area (TPSA) is 101 Å². The van der Waals surface area contributed by atoms with E-state index >= 15 is 0 Å². The molecule has 0 unspecified atom stereocenters. The maximum atomic E-state index is 12.7. The van der Waals surface area contributed by atoms with E-state index in [0.717, 1.165) is 22.0 Å². The molecule has 1 amide bonds. The van der Waals surface area contributed by atoms with E-state index in [1.54, 1.807) is 37.4 Å². The summed E-state index contributed by atoms with van der Waals surface area (Å²) in [5.41, 5.74) is 3.15. The molecule has 8 nitrogen and oxygen atoms in total. The molecule has 0 radical (unpaired) electrons. The van der Waals surface area contributed by atoms with Gasteiger partial charge >= 0.3 is 0 Å². The number of rotatable bonds is 11. The highest BCUT2D eigenvalue weighted by molar-refractivity contribution is 7.89. The number of amides is 1. The number of thiazole rings is 1. The van der Waals surface area contributed by atoms with E-state index in [-0.39, 0.29) is 17.2 Å². The summed E-state index contributed by atoms with van der Waals surface area (Å²) < 4.78 is 32.1. The summed E-state index contributed by atoms with van der Waals surface area (Å²) in [6, 6.07) is 12.3. The molecule has 34 heavy (non-hydrogen) atoms. The molecular weight excluding hydrogens is 472 g/mol. The molecule has 3 aromatic rings. The van der Waals surface area contributed by atoms with Crippen LogP contribution in [0.5, 0.6) is 5.75 Å². The Morgan fingerprint density at radius 3 is 2.41 bits per heavy atom. The summed E-state index contributed by atoms with van der Waals surface area (Å²) in [5, 5.41) is 8.70. The summed E-state index contributed by atoms with van der Waals surface area (Å²) >= 11 is 1.51. The second-order valence-electron chi connectivity index (χ2n) is 7.48. The van der Waals surface area contributed by atoms with Gasteiger partial charge in [-0.2, -0.15) is 4.31 Å². The summed E-state index contributed by atoms with van der Waals surface area (Å²) in [5.74, 6) is 0.400. The van der Waals surface area contributed by atoms with Crippen LogP contribution in [0.2, 0.25) is 0 Å². The maximum absolute atomic E-state index is 12.7. The Kier molecular flexibility index (Phi) is 8.65. The van der Waals surface area contributed by atoms with Crippen LogP contribution in [0.25, 0.3) is 11.3 Å². The molecule has 0 fully saturated rings. The molecule has 182 valence electrons. The predicted molar refractivity (Wildman–Crippen MR) is 137 cm³/mol. The largest absolute Gasteiger partial charge is 0.495 e. The monoisotopic (exact) mass is 502 g/mol. The van der Waals surface area contributed by atoms with Gasteiger partial charge in [-0.15, -0.1) is 11.3 Å². The summed E-state index contributed by atoms with van der Waals surface area (Å²) in [4.78, 5) is 17.4. The Labute approximate surface area is 205 Å². The van der Waals surface area contributed by atoms with E-state index in [1.807, 2.05) is 38.4 Å². The van der Waals surface area contributed by atoms with Gasteiger partial charge in [-0.05, 0) is 42.3 Å².